The van der Waals surface area contributed by atoms with Gasteiger partial charge in [-0.25, -0.2) is 4.98 Å². The summed E-state index contributed by atoms with van der Waals surface area (Å²) < 4.78 is 46.6. The number of benzene rings is 2. The number of methoxy groups -OCH3 is 1. The van der Waals surface area contributed by atoms with Crippen molar-refractivity contribution in [3.63, 3.8) is 0 Å². The second-order valence-corrected chi connectivity index (χ2v) is 8.84. The van der Waals surface area contributed by atoms with E-state index in [1.807, 2.05) is 47.7 Å². The average molecular weight is 483 g/mol. The van der Waals surface area contributed by atoms with Gasteiger partial charge in [0, 0.05) is 25.2 Å². The molecule has 182 valence electrons. The van der Waals surface area contributed by atoms with Crippen LogP contribution in [0.2, 0.25) is 0 Å². The minimum Gasteiger partial charge on any atom is -0.495 e. The molecule has 1 aromatic heterocycles. The van der Waals surface area contributed by atoms with Gasteiger partial charge in [-0.3, -0.25) is 0 Å². The van der Waals surface area contributed by atoms with Crippen molar-refractivity contribution in [2.45, 2.75) is 38.6 Å². The van der Waals surface area contributed by atoms with Gasteiger partial charge < -0.3 is 19.0 Å². The Morgan fingerprint density at radius 2 is 1.91 bits per heavy atom. The molecule has 2 aliphatic rings. The molecule has 6 nitrogen and oxygen atoms in total. The Hall–Kier alpha value is -3.75. The van der Waals surface area contributed by atoms with Crippen molar-refractivity contribution in [1.82, 2.24) is 14.5 Å². The van der Waals surface area contributed by atoms with Gasteiger partial charge in [-0.05, 0) is 61.2 Å². The quantitative estimate of drug-likeness (QED) is 0.464. The Bertz CT molecular complexity index is 1310. The minimum absolute atomic E-state index is 0.618. The summed E-state index contributed by atoms with van der Waals surface area (Å²) in [4.78, 5) is 12.1. The molecule has 35 heavy (non-hydrogen) atoms. The van der Waals surface area contributed by atoms with Crippen LogP contribution in [0, 0.1) is 6.92 Å². The van der Waals surface area contributed by atoms with Crippen molar-refractivity contribution in [1.29, 1.82) is 0 Å². The maximum absolute atomic E-state index is 13.0. The largest absolute Gasteiger partial charge is 0.495 e. The maximum Gasteiger partial charge on any atom is 0.416 e. The molecule has 1 unspecified atom stereocenters. The highest BCUT2D eigenvalue weighted by Gasteiger charge is 2.46. The molecule has 3 aromatic rings. The van der Waals surface area contributed by atoms with Crippen LogP contribution in [0.5, 0.6) is 5.75 Å². The molecule has 0 aliphatic carbocycles. The molecule has 0 bridgehead atoms. The summed E-state index contributed by atoms with van der Waals surface area (Å²) in [6.45, 7) is 4.45. The van der Waals surface area contributed by atoms with Crippen LogP contribution < -0.4 is 4.74 Å². The van der Waals surface area contributed by atoms with E-state index in [0.717, 1.165) is 47.5 Å². The smallest absolute Gasteiger partial charge is 0.416 e. The van der Waals surface area contributed by atoms with E-state index in [9.17, 15) is 13.2 Å². The van der Waals surface area contributed by atoms with Gasteiger partial charge in [-0.2, -0.15) is 13.2 Å². The Kier molecular flexibility index (Phi) is 5.57. The first-order chi connectivity index (χ1) is 16.7. The SMILES string of the molecule is COc1cc(/C=C2\CCCN3C2=NOC3(C)c2ccc(C(F)(F)F)cc2)ccc1-n1cnc(C)c1. The fourth-order valence-corrected chi connectivity index (χ4v) is 4.59. The average Bonchev–Trinajstić information content (AvgIpc) is 3.43. The Morgan fingerprint density at radius 1 is 1.14 bits per heavy atom. The Balaban J connectivity index is 1.43. The summed E-state index contributed by atoms with van der Waals surface area (Å²) in [6, 6.07) is 11.0. The minimum atomic E-state index is -4.38. The second-order valence-electron chi connectivity index (χ2n) is 8.84. The highest BCUT2D eigenvalue weighted by atomic mass is 19.4. The van der Waals surface area contributed by atoms with E-state index >= 15 is 0 Å². The van der Waals surface area contributed by atoms with Gasteiger partial charge in [0.2, 0.25) is 5.72 Å². The summed E-state index contributed by atoms with van der Waals surface area (Å²) in [5, 5.41) is 4.35. The molecule has 2 aliphatic heterocycles. The molecule has 1 saturated heterocycles. The number of piperidine rings is 1. The lowest BCUT2D eigenvalue weighted by atomic mass is 9.95. The summed E-state index contributed by atoms with van der Waals surface area (Å²) in [7, 11) is 1.63. The zero-order valence-corrected chi connectivity index (χ0v) is 19.6. The molecule has 3 heterocycles. The first-order valence-electron chi connectivity index (χ1n) is 11.3. The number of nitrogens with zero attached hydrogens (tertiary/aromatic N) is 4. The number of halogens is 3. The Labute approximate surface area is 201 Å². The van der Waals surface area contributed by atoms with E-state index in [1.165, 1.54) is 12.1 Å². The molecule has 9 heteroatoms. The number of alkyl halides is 3. The third-order valence-corrected chi connectivity index (χ3v) is 6.48. The van der Waals surface area contributed by atoms with Gasteiger partial charge >= 0.3 is 6.18 Å². The van der Waals surface area contributed by atoms with Gasteiger partial charge in [0.1, 0.15) is 5.75 Å². The van der Waals surface area contributed by atoms with Gasteiger partial charge in [-0.15, -0.1) is 0 Å². The standard InChI is InChI=1S/C26H25F3N4O2/c1-17-15-32(16-30-17)22-11-6-18(14-23(22)34-3)13-19-5-4-12-33-24(19)31-35-25(33,2)20-7-9-21(10-8-20)26(27,28)29/h6-11,13-16H,4-5,12H2,1-3H3/b19-13+. The van der Waals surface area contributed by atoms with Crippen molar-refractivity contribution < 1.29 is 22.7 Å². The number of rotatable bonds is 4. The monoisotopic (exact) mass is 482 g/mol. The number of aryl methyl sites for hydroxylation is 1. The zero-order valence-electron chi connectivity index (χ0n) is 19.6. The van der Waals surface area contributed by atoms with Gasteiger partial charge in [0.25, 0.3) is 0 Å². The van der Waals surface area contributed by atoms with E-state index in [0.29, 0.717) is 23.7 Å². The van der Waals surface area contributed by atoms with E-state index in [-0.39, 0.29) is 0 Å². The fourth-order valence-electron chi connectivity index (χ4n) is 4.59. The predicted octanol–water partition coefficient (Wildman–Crippen LogP) is 5.90. The lowest BCUT2D eigenvalue weighted by Crippen LogP contribution is -2.47. The maximum atomic E-state index is 13.0. The van der Waals surface area contributed by atoms with Crippen LogP contribution in [-0.4, -0.2) is 33.9 Å². The predicted molar refractivity (Wildman–Crippen MR) is 126 cm³/mol. The summed E-state index contributed by atoms with van der Waals surface area (Å²) >= 11 is 0. The summed E-state index contributed by atoms with van der Waals surface area (Å²) in [5.74, 6) is 1.41. The van der Waals surface area contributed by atoms with E-state index in [2.05, 4.69) is 16.2 Å². The third kappa shape index (κ3) is 4.15. The molecule has 0 saturated carbocycles. The van der Waals surface area contributed by atoms with E-state index in [1.54, 1.807) is 13.4 Å². The molecule has 0 N–H and O–H groups in total. The third-order valence-electron chi connectivity index (χ3n) is 6.48. The molecule has 1 atom stereocenters. The van der Waals surface area contributed by atoms with Crippen molar-refractivity contribution in [2.75, 3.05) is 13.7 Å². The number of hydrogen-bond acceptors (Lipinski definition) is 5. The molecule has 0 radical (unpaired) electrons. The van der Waals surface area contributed by atoms with Crippen LogP contribution in [0.1, 0.15) is 42.1 Å². The number of ether oxygens (including phenoxy) is 1. The highest BCUT2D eigenvalue weighted by Crippen LogP contribution is 2.41. The zero-order chi connectivity index (χ0) is 24.8. The lowest BCUT2D eigenvalue weighted by Gasteiger charge is -2.37. The number of aromatic nitrogens is 2. The first-order valence-corrected chi connectivity index (χ1v) is 11.3. The first kappa shape index (κ1) is 23.0. The molecule has 5 rings (SSSR count). The van der Waals surface area contributed by atoms with Crippen LogP contribution >= 0.6 is 0 Å². The van der Waals surface area contributed by atoms with Crippen LogP contribution in [0.25, 0.3) is 11.8 Å². The van der Waals surface area contributed by atoms with E-state index in [4.69, 9.17) is 9.57 Å². The topological polar surface area (TPSA) is 51.9 Å². The normalized spacial score (nSPS) is 21.0. The van der Waals surface area contributed by atoms with Gasteiger partial charge in [-0.1, -0.05) is 23.4 Å². The molecule has 2 aromatic carbocycles. The summed E-state index contributed by atoms with van der Waals surface area (Å²) in [6.07, 6.45) is 3.03. The van der Waals surface area contributed by atoms with Crippen LogP contribution in [-0.2, 0) is 16.7 Å². The molecule has 0 amide bonds. The van der Waals surface area contributed by atoms with E-state index < -0.39 is 17.5 Å². The molecule has 0 spiro atoms. The van der Waals surface area contributed by atoms with Crippen molar-refractivity contribution in [2.24, 2.45) is 5.16 Å². The molecular formula is C26H25F3N4O2. The van der Waals surface area contributed by atoms with Crippen LogP contribution in [0.4, 0.5) is 13.2 Å². The molecule has 1 fully saturated rings. The summed E-state index contributed by atoms with van der Waals surface area (Å²) in [5.41, 5.74) is 2.71. The van der Waals surface area contributed by atoms with Crippen LogP contribution in [0.3, 0.4) is 0 Å². The highest BCUT2D eigenvalue weighted by molar-refractivity contribution is 6.03. The number of imidazole rings is 1. The van der Waals surface area contributed by atoms with Gasteiger partial charge in [0.05, 0.1) is 30.4 Å². The number of amidine groups is 1. The van der Waals surface area contributed by atoms with Gasteiger partial charge in [0.15, 0.2) is 5.84 Å². The Morgan fingerprint density at radius 3 is 2.57 bits per heavy atom. The lowest BCUT2D eigenvalue weighted by molar-refractivity contribution is -0.137. The number of oxime groups is 1. The van der Waals surface area contributed by atoms with Crippen molar-refractivity contribution in [3.05, 3.63) is 82.9 Å². The number of hydrogen-bond donors (Lipinski definition) is 0. The fraction of sp³-hybridized carbons (Fsp3) is 0.308. The second kappa shape index (κ2) is 8.48. The number of fused-ring (bicyclic) bond motifs is 1. The van der Waals surface area contributed by atoms with Crippen molar-refractivity contribution in [3.8, 4) is 11.4 Å². The van der Waals surface area contributed by atoms with Crippen molar-refractivity contribution >= 4 is 11.9 Å². The van der Waals surface area contributed by atoms with Crippen LogP contribution in [0.15, 0.2) is 65.7 Å². The molecular weight excluding hydrogens is 457 g/mol.